The minimum absolute atomic E-state index is 0.821. The number of hydrogen-bond donors (Lipinski definition) is 0. The van der Waals surface area contributed by atoms with Gasteiger partial charge >= 0.3 is 0 Å². The zero-order valence-electron chi connectivity index (χ0n) is 7.95. The van der Waals surface area contributed by atoms with E-state index in [0.29, 0.717) is 0 Å². The fourth-order valence-electron chi connectivity index (χ4n) is 0.988. The highest BCUT2D eigenvalue weighted by Gasteiger charge is 1.97. The van der Waals surface area contributed by atoms with Crippen LogP contribution >= 0.6 is 0 Å². The molecule has 0 radical (unpaired) electrons. The van der Waals surface area contributed by atoms with Crippen LogP contribution in [-0.2, 0) is 0 Å². The minimum atomic E-state index is 0.821. The van der Waals surface area contributed by atoms with Gasteiger partial charge in [-0.3, -0.25) is 4.99 Å². The fourth-order valence-corrected chi connectivity index (χ4v) is 0.988. The molecular weight excluding hydrogens is 162 g/mol. The van der Waals surface area contributed by atoms with Crippen molar-refractivity contribution in [3.8, 4) is 5.75 Å². The summed E-state index contributed by atoms with van der Waals surface area (Å²) in [4.78, 5) is 4.21. The smallest absolute Gasteiger partial charge is 0.121 e. The van der Waals surface area contributed by atoms with Gasteiger partial charge in [0.05, 0.1) is 12.8 Å². The quantitative estimate of drug-likeness (QED) is 0.647. The van der Waals surface area contributed by atoms with Crippen LogP contribution in [0.5, 0.6) is 5.75 Å². The molecule has 0 fully saturated rings. The Labute approximate surface area is 78.6 Å². The monoisotopic (exact) mass is 175 g/mol. The Hall–Kier alpha value is -1.57. The van der Waals surface area contributed by atoms with Crippen molar-refractivity contribution in [3.63, 3.8) is 0 Å². The Morgan fingerprint density at radius 3 is 2.85 bits per heavy atom. The number of hydrogen-bond acceptors (Lipinski definition) is 2. The number of methoxy groups -OCH3 is 1. The number of ether oxygens (including phenoxy) is 1. The lowest BCUT2D eigenvalue weighted by molar-refractivity contribution is 0.415. The molecule has 0 aliphatic carbocycles. The van der Waals surface area contributed by atoms with Gasteiger partial charge in [-0.05, 0) is 18.6 Å². The molecule has 0 heterocycles. The average Bonchev–Trinajstić information content (AvgIpc) is 2.17. The summed E-state index contributed by atoms with van der Waals surface area (Å²) in [5.41, 5.74) is 2.04. The summed E-state index contributed by atoms with van der Waals surface area (Å²) in [5, 5.41) is 0. The molecular formula is C11H13NO. The Morgan fingerprint density at radius 1 is 1.46 bits per heavy atom. The standard InChI is InChI=1S/C11H13NO/c1-4-7-12-11-8-10(13-3)6-5-9(11)2/h4-8H,1H2,2-3H3. The van der Waals surface area contributed by atoms with Gasteiger partial charge in [0, 0.05) is 12.3 Å². The SMILES string of the molecule is C=CC=Nc1cc(OC)ccc1C. The van der Waals surface area contributed by atoms with Gasteiger partial charge in [0.15, 0.2) is 0 Å². The van der Waals surface area contributed by atoms with Gasteiger partial charge < -0.3 is 4.74 Å². The second kappa shape index (κ2) is 4.45. The molecule has 1 aromatic carbocycles. The number of rotatable bonds is 3. The minimum Gasteiger partial charge on any atom is -0.497 e. The maximum atomic E-state index is 5.09. The van der Waals surface area contributed by atoms with E-state index in [9.17, 15) is 0 Å². The molecule has 1 rings (SSSR count). The topological polar surface area (TPSA) is 21.6 Å². The Kier molecular flexibility index (Phi) is 3.26. The van der Waals surface area contributed by atoms with Crippen molar-refractivity contribution in [2.75, 3.05) is 7.11 Å². The van der Waals surface area contributed by atoms with E-state index in [-0.39, 0.29) is 0 Å². The predicted molar refractivity (Wildman–Crippen MR) is 56.1 cm³/mol. The van der Waals surface area contributed by atoms with Crippen molar-refractivity contribution >= 4 is 11.9 Å². The third kappa shape index (κ3) is 2.44. The molecule has 0 spiro atoms. The molecule has 0 aliphatic rings. The lowest BCUT2D eigenvalue weighted by Gasteiger charge is -2.03. The van der Waals surface area contributed by atoms with Gasteiger partial charge in [0.1, 0.15) is 5.75 Å². The van der Waals surface area contributed by atoms with E-state index in [1.54, 1.807) is 19.4 Å². The lowest BCUT2D eigenvalue weighted by atomic mass is 10.2. The van der Waals surface area contributed by atoms with Crippen molar-refractivity contribution < 1.29 is 4.74 Å². The largest absolute Gasteiger partial charge is 0.497 e. The summed E-state index contributed by atoms with van der Waals surface area (Å²) in [6.45, 7) is 5.58. The fraction of sp³-hybridized carbons (Fsp3) is 0.182. The van der Waals surface area contributed by atoms with Crippen molar-refractivity contribution in [2.45, 2.75) is 6.92 Å². The Balaban J connectivity index is 3.03. The summed E-state index contributed by atoms with van der Waals surface area (Å²) in [6, 6.07) is 5.80. The van der Waals surface area contributed by atoms with Crippen molar-refractivity contribution in [1.29, 1.82) is 0 Å². The molecule has 2 heteroatoms. The first-order chi connectivity index (χ1) is 6.27. The average molecular weight is 175 g/mol. The predicted octanol–water partition coefficient (Wildman–Crippen LogP) is 2.89. The van der Waals surface area contributed by atoms with E-state index >= 15 is 0 Å². The first-order valence-electron chi connectivity index (χ1n) is 4.07. The third-order valence-electron chi connectivity index (χ3n) is 1.74. The van der Waals surface area contributed by atoms with Gasteiger partial charge in [0.25, 0.3) is 0 Å². The molecule has 13 heavy (non-hydrogen) atoms. The molecule has 0 aliphatic heterocycles. The van der Waals surface area contributed by atoms with Crippen molar-refractivity contribution in [2.24, 2.45) is 4.99 Å². The van der Waals surface area contributed by atoms with Crippen molar-refractivity contribution in [1.82, 2.24) is 0 Å². The van der Waals surface area contributed by atoms with Gasteiger partial charge in [0.2, 0.25) is 0 Å². The first-order valence-corrected chi connectivity index (χ1v) is 4.07. The van der Waals surface area contributed by atoms with Crippen molar-refractivity contribution in [3.05, 3.63) is 36.4 Å². The van der Waals surface area contributed by atoms with Gasteiger partial charge in [-0.2, -0.15) is 0 Å². The Morgan fingerprint density at radius 2 is 2.23 bits per heavy atom. The third-order valence-corrected chi connectivity index (χ3v) is 1.74. The first kappa shape index (κ1) is 9.52. The number of allylic oxidation sites excluding steroid dienone is 1. The molecule has 0 saturated carbocycles. The normalized spacial score (nSPS) is 10.3. The van der Waals surface area contributed by atoms with Crippen LogP contribution in [0.3, 0.4) is 0 Å². The molecule has 0 aromatic heterocycles. The summed E-state index contributed by atoms with van der Waals surface area (Å²) < 4.78 is 5.09. The lowest BCUT2D eigenvalue weighted by Crippen LogP contribution is -1.83. The van der Waals surface area contributed by atoms with E-state index in [0.717, 1.165) is 17.0 Å². The molecule has 0 unspecified atom stereocenters. The zero-order chi connectivity index (χ0) is 9.68. The van der Waals surface area contributed by atoms with Crippen LogP contribution in [0.15, 0.2) is 35.8 Å². The van der Waals surface area contributed by atoms with Crippen LogP contribution in [0.4, 0.5) is 5.69 Å². The van der Waals surface area contributed by atoms with Crippen LogP contribution in [0.1, 0.15) is 5.56 Å². The molecule has 0 N–H and O–H groups in total. The molecule has 0 bridgehead atoms. The van der Waals surface area contributed by atoms with Crippen LogP contribution in [0, 0.1) is 6.92 Å². The summed E-state index contributed by atoms with van der Waals surface area (Å²) >= 11 is 0. The van der Waals surface area contributed by atoms with E-state index in [2.05, 4.69) is 11.6 Å². The Bertz CT molecular complexity index is 329. The highest BCUT2D eigenvalue weighted by molar-refractivity contribution is 5.74. The number of nitrogens with zero attached hydrogens (tertiary/aromatic N) is 1. The van der Waals surface area contributed by atoms with E-state index < -0.39 is 0 Å². The van der Waals surface area contributed by atoms with Gasteiger partial charge in [-0.15, -0.1) is 0 Å². The molecule has 1 aromatic rings. The highest BCUT2D eigenvalue weighted by Crippen LogP contribution is 2.23. The molecule has 68 valence electrons. The zero-order valence-corrected chi connectivity index (χ0v) is 7.95. The molecule has 2 nitrogen and oxygen atoms in total. The summed E-state index contributed by atoms with van der Waals surface area (Å²) in [5.74, 6) is 0.821. The highest BCUT2D eigenvalue weighted by atomic mass is 16.5. The number of aliphatic imine (C=N–C) groups is 1. The van der Waals surface area contributed by atoms with Crippen LogP contribution in [0.2, 0.25) is 0 Å². The van der Waals surface area contributed by atoms with E-state index in [1.165, 1.54) is 0 Å². The van der Waals surface area contributed by atoms with Crippen LogP contribution in [0.25, 0.3) is 0 Å². The molecule has 0 saturated heterocycles. The number of benzene rings is 1. The summed E-state index contributed by atoms with van der Waals surface area (Å²) in [7, 11) is 1.64. The van der Waals surface area contributed by atoms with Gasteiger partial charge in [-0.1, -0.05) is 18.7 Å². The number of aryl methyl sites for hydroxylation is 1. The maximum absolute atomic E-state index is 5.09. The van der Waals surface area contributed by atoms with E-state index in [4.69, 9.17) is 4.74 Å². The van der Waals surface area contributed by atoms with Gasteiger partial charge in [-0.25, -0.2) is 0 Å². The summed E-state index contributed by atoms with van der Waals surface area (Å²) in [6.07, 6.45) is 3.32. The van der Waals surface area contributed by atoms with Crippen LogP contribution < -0.4 is 4.74 Å². The van der Waals surface area contributed by atoms with E-state index in [1.807, 2.05) is 25.1 Å². The second-order valence-electron chi connectivity index (χ2n) is 2.67. The second-order valence-corrected chi connectivity index (χ2v) is 2.67. The van der Waals surface area contributed by atoms with Crippen LogP contribution in [-0.4, -0.2) is 13.3 Å². The maximum Gasteiger partial charge on any atom is 0.121 e. The molecule has 0 atom stereocenters. The molecule has 0 amide bonds.